The first-order valence-corrected chi connectivity index (χ1v) is 15.1. The molecule has 0 aliphatic carbocycles. The Morgan fingerprint density at radius 2 is 1.61 bits per heavy atom. The number of carbonyl (C=O) groups is 1. The van der Waals surface area contributed by atoms with Crippen LogP contribution in [0.5, 0.6) is 11.6 Å². The van der Waals surface area contributed by atoms with Crippen LogP contribution in [0.2, 0.25) is 10.0 Å². The van der Waals surface area contributed by atoms with Crippen LogP contribution in [0, 0.1) is 0 Å². The van der Waals surface area contributed by atoms with Crippen LogP contribution in [-0.4, -0.2) is 71.3 Å². The molecule has 3 aromatic rings. The van der Waals surface area contributed by atoms with E-state index >= 15 is 0 Å². The standard InChI is InChI=1S/C32H42Cl2N4O3/c1-31(2,3)38(32(4,5)6)30(39)41-28-15-13-23-12-14-24(22-26(23)35-28)40-21-8-7-16-36-17-19-37(20-18-36)27-11-9-10-25(33)29(27)34/h9-15,22H,7-8,16-21H2,1-6H3. The van der Waals surface area contributed by atoms with Crippen LogP contribution in [0.4, 0.5) is 10.5 Å². The third kappa shape index (κ3) is 8.18. The maximum Gasteiger partial charge on any atom is 0.417 e. The first kappa shape index (κ1) is 31.2. The van der Waals surface area contributed by atoms with Gasteiger partial charge in [-0.15, -0.1) is 0 Å². The molecule has 1 fully saturated rings. The Labute approximate surface area is 254 Å². The third-order valence-corrected chi connectivity index (χ3v) is 7.94. The summed E-state index contributed by atoms with van der Waals surface area (Å²) in [5, 5.41) is 2.19. The lowest BCUT2D eigenvalue weighted by atomic mass is 9.97. The van der Waals surface area contributed by atoms with Gasteiger partial charge >= 0.3 is 6.09 Å². The zero-order chi connectivity index (χ0) is 29.8. The van der Waals surface area contributed by atoms with Gasteiger partial charge in [0.05, 0.1) is 27.9 Å². The molecule has 4 rings (SSSR count). The Morgan fingerprint density at radius 3 is 2.29 bits per heavy atom. The number of hydrogen-bond donors (Lipinski definition) is 0. The molecule has 1 amide bonds. The number of nitrogens with zero attached hydrogens (tertiary/aromatic N) is 4. The molecule has 222 valence electrons. The topological polar surface area (TPSA) is 58.1 Å². The molecule has 0 unspecified atom stereocenters. The number of anilines is 1. The van der Waals surface area contributed by atoms with Gasteiger partial charge in [-0.25, -0.2) is 9.78 Å². The van der Waals surface area contributed by atoms with Gasteiger partial charge in [0.15, 0.2) is 0 Å². The molecule has 41 heavy (non-hydrogen) atoms. The average molecular weight is 602 g/mol. The molecule has 2 heterocycles. The van der Waals surface area contributed by atoms with Gasteiger partial charge in [0.2, 0.25) is 5.88 Å². The predicted octanol–water partition coefficient (Wildman–Crippen LogP) is 7.92. The molecule has 0 atom stereocenters. The summed E-state index contributed by atoms with van der Waals surface area (Å²) in [4.78, 5) is 24.2. The van der Waals surface area contributed by atoms with Crippen molar-refractivity contribution in [2.24, 2.45) is 0 Å². The molecule has 1 saturated heterocycles. The molecular weight excluding hydrogens is 559 g/mol. The van der Waals surface area contributed by atoms with Crippen molar-refractivity contribution in [1.82, 2.24) is 14.8 Å². The maximum atomic E-state index is 13.1. The van der Waals surface area contributed by atoms with E-state index in [1.54, 1.807) is 11.0 Å². The monoisotopic (exact) mass is 600 g/mol. The number of ether oxygens (including phenoxy) is 2. The fourth-order valence-corrected chi connectivity index (χ4v) is 5.91. The summed E-state index contributed by atoms with van der Waals surface area (Å²) in [5.41, 5.74) is 0.947. The minimum absolute atomic E-state index is 0.274. The van der Waals surface area contributed by atoms with E-state index in [0.29, 0.717) is 16.7 Å². The van der Waals surface area contributed by atoms with E-state index in [4.69, 9.17) is 32.7 Å². The molecule has 2 aromatic carbocycles. The quantitative estimate of drug-likeness (QED) is 0.245. The second kappa shape index (κ2) is 13.1. The van der Waals surface area contributed by atoms with E-state index in [1.807, 2.05) is 84.0 Å². The van der Waals surface area contributed by atoms with Gasteiger partial charge in [-0.3, -0.25) is 9.80 Å². The summed E-state index contributed by atoms with van der Waals surface area (Å²) in [6.45, 7) is 17.5. The summed E-state index contributed by atoms with van der Waals surface area (Å²) in [7, 11) is 0. The van der Waals surface area contributed by atoms with Crippen LogP contribution in [-0.2, 0) is 0 Å². The fourth-order valence-electron chi connectivity index (χ4n) is 5.49. The highest BCUT2D eigenvalue weighted by molar-refractivity contribution is 6.43. The first-order chi connectivity index (χ1) is 19.3. The van der Waals surface area contributed by atoms with Crippen molar-refractivity contribution in [3.63, 3.8) is 0 Å². The van der Waals surface area contributed by atoms with Crippen molar-refractivity contribution in [2.75, 3.05) is 44.2 Å². The van der Waals surface area contributed by atoms with Crippen molar-refractivity contribution in [2.45, 2.75) is 65.5 Å². The Bertz CT molecular complexity index is 1330. The largest absolute Gasteiger partial charge is 0.494 e. The van der Waals surface area contributed by atoms with Crippen molar-refractivity contribution >= 4 is 45.9 Å². The number of carbonyl (C=O) groups excluding carboxylic acids is 1. The lowest BCUT2D eigenvalue weighted by Crippen LogP contribution is -2.56. The molecule has 1 aliphatic rings. The number of unbranched alkanes of at least 4 members (excludes halogenated alkanes) is 1. The minimum Gasteiger partial charge on any atom is -0.494 e. The van der Waals surface area contributed by atoms with Crippen molar-refractivity contribution in [1.29, 1.82) is 0 Å². The number of amides is 1. The number of piperazine rings is 1. The van der Waals surface area contributed by atoms with E-state index in [9.17, 15) is 4.79 Å². The van der Waals surface area contributed by atoms with Gasteiger partial charge in [0.25, 0.3) is 0 Å². The number of rotatable bonds is 8. The van der Waals surface area contributed by atoms with E-state index < -0.39 is 17.2 Å². The van der Waals surface area contributed by atoms with Crippen molar-refractivity contribution in [3.8, 4) is 11.6 Å². The van der Waals surface area contributed by atoms with Gasteiger partial charge < -0.3 is 14.4 Å². The van der Waals surface area contributed by atoms with E-state index in [0.717, 1.165) is 67.9 Å². The zero-order valence-corrected chi connectivity index (χ0v) is 26.6. The molecule has 7 nitrogen and oxygen atoms in total. The fraction of sp³-hybridized carbons (Fsp3) is 0.500. The smallest absolute Gasteiger partial charge is 0.417 e. The summed E-state index contributed by atoms with van der Waals surface area (Å²) in [5.74, 6) is 1.03. The summed E-state index contributed by atoms with van der Waals surface area (Å²) in [6.07, 6.45) is 1.60. The molecular formula is C32H42Cl2N4O3. The maximum absolute atomic E-state index is 13.1. The van der Waals surface area contributed by atoms with Crippen LogP contribution in [0.15, 0.2) is 48.5 Å². The number of benzene rings is 2. The average Bonchev–Trinajstić information content (AvgIpc) is 2.88. The normalized spacial score (nSPS) is 14.8. The molecule has 0 N–H and O–H groups in total. The highest BCUT2D eigenvalue weighted by atomic mass is 35.5. The molecule has 1 aliphatic heterocycles. The molecule has 0 radical (unpaired) electrons. The minimum atomic E-state index is -0.418. The Morgan fingerprint density at radius 1 is 0.927 bits per heavy atom. The number of pyridine rings is 1. The van der Waals surface area contributed by atoms with Gasteiger partial charge in [0, 0.05) is 54.8 Å². The molecule has 1 aromatic heterocycles. The Kier molecular flexibility index (Phi) is 9.93. The van der Waals surface area contributed by atoms with Crippen LogP contribution in [0.25, 0.3) is 10.9 Å². The van der Waals surface area contributed by atoms with E-state index in [-0.39, 0.29) is 5.88 Å². The lowest BCUT2D eigenvalue weighted by molar-refractivity contribution is 0.0460. The molecule has 0 spiro atoms. The summed E-state index contributed by atoms with van der Waals surface area (Å²) < 4.78 is 11.7. The predicted molar refractivity (Wildman–Crippen MR) is 169 cm³/mol. The van der Waals surface area contributed by atoms with Crippen LogP contribution >= 0.6 is 23.2 Å². The van der Waals surface area contributed by atoms with Crippen LogP contribution in [0.1, 0.15) is 54.4 Å². The number of hydrogen-bond acceptors (Lipinski definition) is 6. The molecule has 0 saturated carbocycles. The van der Waals surface area contributed by atoms with Crippen molar-refractivity contribution < 1.29 is 14.3 Å². The number of aromatic nitrogens is 1. The Balaban J connectivity index is 1.24. The first-order valence-electron chi connectivity index (χ1n) is 14.3. The second-order valence-electron chi connectivity index (χ2n) is 12.5. The number of fused-ring (bicyclic) bond motifs is 1. The molecule has 9 heteroatoms. The Hall–Kier alpha value is -2.74. The van der Waals surface area contributed by atoms with E-state index in [2.05, 4.69) is 14.8 Å². The molecule has 0 bridgehead atoms. The zero-order valence-electron chi connectivity index (χ0n) is 25.0. The van der Waals surface area contributed by atoms with Crippen LogP contribution in [0.3, 0.4) is 0 Å². The second-order valence-corrected chi connectivity index (χ2v) is 13.3. The highest BCUT2D eigenvalue weighted by Gasteiger charge is 2.37. The van der Waals surface area contributed by atoms with Gasteiger partial charge in [-0.1, -0.05) is 29.3 Å². The third-order valence-electron chi connectivity index (χ3n) is 7.14. The lowest BCUT2D eigenvalue weighted by Gasteiger charge is -2.44. The SMILES string of the molecule is CC(C)(C)N(C(=O)Oc1ccc2ccc(OCCCCN3CCN(c4cccc(Cl)c4Cl)CC3)cc2n1)C(C)(C)C. The van der Waals surface area contributed by atoms with E-state index in [1.165, 1.54) is 0 Å². The van der Waals surface area contributed by atoms with Crippen molar-refractivity contribution in [3.05, 3.63) is 58.6 Å². The summed E-state index contributed by atoms with van der Waals surface area (Å²) >= 11 is 12.6. The number of halogens is 2. The van der Waals surface area contributed by atoms with Crippen LogP contribution < -0.4 is 14.4 Å². The highest BCUT2D eigenvalue weighted by Crippen LogP contribution is 2.33. The summed E-state index contributed by atoms with van der Waals surface area (Å²) in [6, 6.07) is 15.3. The van der Waals surface area contributed by atoms with Gasteiger partial charge in [-0.2, -0.15) is 0 Å². The van der Waals surface area contributed by atoms with Gasteiger partial charge in [-0.05, 0) is 91.3 Å². The van der Waals surface area contributed by atoms with Gasteiger partial charge in [0.1, 0.15) is 5.75 Å².